The smallest absolute Gasteiger partial charge is 0.435 e. The van der Waals surface area contributed by atoms with E-state index in [0.717, 1.165) is 13.0 Å². The Labute approximate surface area is 170 Å². The van der Waals surface area contributed by atoms with Crippen molar-refractivity contribution in [1.82, 2.24) is 0 Å². The Kier molecular flexibility index (Phi) is 6.32. The van der Waals surface area contributed by atoms with E-state index in [0.29, 0.717) is 12.1 Å². The molecule has 0 aliphatic carbocycles. The molecule has 28 heavy (non-hydrogen) atoms. The minimum Gasteiger partial charge on any atom is -0.454 e. The molecule has 0 heterocycles. The zero-order valence-corrected chi connectivity index (χ0v) is 16.0. The van der Waals surface area contributed by atoms with E-state index in [1.165, 1.54) is 18.2 Å². The molecule has 0 spiro atoms. The monoisotopic (exact) mass is 457 g/mol. The van der Waals surface area contributed by atoms with Crippen molar-refractivity contribution < 1.29 is 32.4 Å². The first kappa shape index (κ1) is 22.1. The first-order valence-corrected chi connectivity index (χ1v) is 8.35. The predicted octanol–water partition coefficient (Wildman–Crippen LogP) is 5.94. The van der Waals surface area contributed by atoms with E-state index >= 15 is 0 Å². The van der Waals surface area contributed by atoms with E-state index in [2.05, 4.69) is 0 Å². The van der Waals surface area contributed by atoms with Gasteiger partial charge >= 0.3 is 17.1 Å². The number of benzene rings is 2. The summed E-state index contributed by atoms with van der Waals surface area (Å²) in [5.74, 6) is -0.447. The van der Waals surface area contributed by atoms with Crippen LogP contribution in [0, 0.1) is 10.1 Å². The molecule has 2 rings (SSSR count). The molecule has 6 nitrogen and oxygen atoms in total. The topological polar surface area (TPSA) is 78.7 Å². The van der Waals surface area contributed by atoms with Gasteiger partial charge in [0.1, 0.15) is 11.5 Å². The van der Waals surface area contributed by atoms with Crippen LogP contribution in [-0.2, 0) is 11.0 Å². The molecule has 0 radical (unpaired) electrons. The molecule has 0 aliphatic heterocycles. The highest BCUT2D eigenvalue weighted by Gasteiger charge is 2.48. The normalized spacial score (nSPS) is 13.5. The van der Waals surface area contributed by atoms with Gasteiger partial charge in [0.2, 0.25) is 0 Å². The lowest BCUT2D eigenvalue weighted by Gasteiger charge is -2.18. The number of nitrogens with zero attached hydrogens (tertiary/aromatic N) is 1. The Morgan fingerprint density at radius 3 is 2.11 bits per heavy atom. The van der Waals surface area contributed by atoms with Gasteiger partial charge in [-0.3, -0.25) is 14.9 Å². The summed E-state index contributed by atoms with van der Waals surface area (Å²) in [5, 5.41) is 8.89. The van der Waals surface area contributed by atoms with Gasteiger partial charge in [-0.2, -0.15) is 13.2 Å². The number of nitro groups is 1. The number of carbonyl (C=O) groups excluding carboxylic acids is 1. The summed E-state index contributed by atoms with van der Waals surface area (Å²) in [6, 6.07) is 6.42. The van der Waals surface area contributed by atoms with Crippen molar-refractivity contribution in [2.75, 3.05) is 0 Å². The van der Waals surface area contributed by atoms with E-state index in [-0.39, 0.29) is 17.2 Å². The predicted molar refractivity (Wildman–Crippen MR) is 94.9 cm³/mol. The molecule has 0 bridgehead atoms. The van der Waals surface area contributed by atoms with Crippen LogP contribution in [0.3, 0.4) is 0 Å². The number of ether oxygens (including phenoxy) is 2. The summed E-state index contributed by atoms with van der Waals surface area (Å²) in [7, 11) is 0. The second-order valence-corrected chi connectivity index (χ2v) is 6.62. The van der Waals surface area contributed by atoms with Crippen LogP contribution in [0.15, 0.2) is 36.4 Å². The summed E-state index contributed by atoms with van der Waals surface area (Å²) in [6.45, 7) is 0.861. The fraction of sp³-hybridized carbons (Fsp3) is 0.188. The van der Waals surface area contributed by atoms with Gasteiger partial charge in [0.25, 0.3) is 0 Å². The first-order chi connectivity index (χ1) is 12.8. The van der Waals surface area contributed by atoms with Crippen LogP contribution in [0.2, 0.25) is 10.0 Å². The average Bonchev–Trinajstić information content (AvgIpc) is 2.57. The number of alkyl halides is 3. The third-order valence-corrected chi connectivity index (χ3v) is 4.29. The van der Waals surface area contributed by atoms with E-state index in [4.69, 9.17) is 44.3 Å². The summed E-state index contributed by atoms with van der Waals surface area (Å²) in [4.78, 5) is 21.4. The number of hydrogen-bond acceptors (Lipinski definition) is 5. The van der Waals surface area contributed by atoms with E-state index in [9.17, 15) is 28.1 Å². The van der Waals surface area contributed by atoms with Crippen molar-refractivity contribution in [2.24, 2.45) is 0 Å². The molecule has 0 amide bonds. The van der Waals surface area contributed by atoms with Crippen LogP contribution < -0.4 is 9.47 Å². The fourth-order valence-corrected chi connectivity index (χ4v) is 2.59. The molecular weight excluding hydrogens is 450 g/mol. The van der Waals surface area contributed by atoms with Crippen molar-refractivity contribution in [3.05, 3.63) is 62.1 Å². The quantitative estimate of drug-likeness (QED) is 0.232. The lowest BCUT2D eigenvalue weighted by Crippen LogP contribution is -2.46. The van der Waals surface area contributed by atoms with Crippen molar-refractivity contribution in [1.29, 1.82) is 0 Å². The molecule has 0 N–H and O–H groups in total. The van der Waals surface area contributed by atoms with Crippen LogP contribution >= 0.6 is 34.8 Å². The largest absolute Gasteiger partial charge is 0.454 e. The molecule has 0 saturated heterocycles. The Morgan fingerprint density at radius 1 is 1.11 bits per heavy atom. The third kappa shape index (κ3) is 4.78. The number of hydrogen-bond donors (Lipinski definition) is 0. The maximum absolute atomic E-state index is 12.8. The second kappa shape index (κ2) is 8.02. The fourth-order valence-electron chi connectivity index (χ4n) is 1.92. The number of halogens is 6. The van der Waals surface area contributed by atoms with E-state index in [1.807, 2.05) is 0 Å². The highest BCUT2D eigenvalue weighted by atomic mass is 35.5. The molecule has 150 valence electrons. The summed E-state index contributed by atoms with van der Waals surface area (Å²) >= 11 is 16.9. The molecule has 0 saturated carbocycles. The maximum atomic E-state index is 12.8. The highest BCUT2D eigenvalue weighted by Crippen LogP contribution is 2.42. The Hall–Kier alpha value is -2.23. The molecule has 0 fully saturated rings. The van der Waals surface area contributed by atoms with Crippen molar-refractivity contribution in [3.8, 4) is 17.2 Å². The summed E-state index contributed by atoms with van der Waals surface area (Å²) < 4.78 is 48.8. The Morgan fingerprint density at radius 2 is 1.64 bits per heavy atom. The standard InChI is InChI=1S/C16H9Cl3F3NO5/c1-15(14(19)24,23(25)26)28-10-4-2-3-9(7-10)27-13-11(17)5-8(6-12(13)18)16(20,21)22/h2-7H,1H3. The van der Waals surface area contributed by atoms with E-state index < -0.39 is 37.7 Å². The number of carbonyl (C=O) groups is 1. The first-order valence-electron chi connectivity index (χ1n) is 7.22. The second-order valence-electron chi connectivity index (χ2n) is 5.46. The summed E-state index contributed by atoms with van der Waals surface area (Å²) in [6.07, 6.45) is -4.65. The minimum atomic E-state index is -4.65. The van der Waals surface area contributed by atoms with Gasteiger partial charge in [0.05, 0.1) is 27.5 Å². The molecule has 0 aliphatic rings. The molecule has 2 aromatic rings. The average molecular weight is 459 g/mol. The van der Waals surface area contributed by atoms with Crippen LogP contribution in [0.5, 0.6) is 17.2 Å². The lowest BCUT2D eigenvalue weighted by molar-refractivity contribution is -0.589. The zero-order valence-electron chi connectivity index (χ0n) is 13.7. The van der Waals surface area contributed by atoms with Gasteiger partial charge in [-0.1, -0.05) is 29.3 Å². The van der Waals surface area contributed by atoms with Crippen molar-refractivity contribution >= 4 is 40.0 Å². The molecular formula is C16H9Cl3F3NO5. The van der Waals surface area contributed by atoms with Crippen molar-refractivity contribution in [2.45, 2.75) is 18.8 Å². The maximum Gasteiger partial charge on any atom is 0.435 e. The van der Waals surface area contributed by atoms with Gasteiger partial charge in [-0.05, 0) is 35.9 Å². The van der Waals surface area contributed by atoms with Crippen LogP contribution in [0.25, 0.3) is 0 Å². The molecule has 12 heteroatoms. The molecule has 0 aromatic heterocycles. The highest BCUT2D eigenvalue weighted by molar-refractivity contribution is 6.65. The molecule has 1 unspecified atom stereocenters. The lowest BCUT2D eigenvalue weighted by atomic mass is 10.2. The van der Waals surface area contributed by atoms with Crippen molar-refractivity contribution in [3.63, 3.8) is 0 Å². The third-order valence-electron chi connectivity index (χ3n) is 3.38. The Balaban J connectivity index is 2.34. The van der Waals surface area contributed by atoms with Gasteiger partial charge in [0, 0.05) is 6.07 Å². The van der Waals surface area contributed by atoms with Gasteiger partial charge in [-0.25, -0.2) is 0 Å². The zero-order chi connectivity index (χ0) is 21.3. The molecule has 2 aromatic carbocycles. The van der Waals surface area contributed by atoms with Gasteiger partial charge < -0.3 is 9.47 Å². The van der Waals surface area contributed by atoms with Gasteiger partial charge in [0.15, 0.2) is 5.75 Å². The Bertz CT molecular complexity index is 899. The minimum absolute atomic E-state index is 0.0196. The van der Waals surface area contributed by atoms with Gasteiger partial charge in [-0.15, -0.1) is 0 Å². The van der Waals surface area contributed by atoms with Crippen LogP contribution in [0.4, 0.5) is 13.2 Å². The summed E-state index contributed by atoms with van der Waals surface area (Å²) in [5.41, 5.74) is -3.61. The molecule has 1 atom stereocenters. The van der Waals surface area contributed by atoms with Crippen LogP contribution in [-0.4, -0.2) is 15.9 Å². The SMILES string of the molecule is CC(Oc1cccc(Oc2c(Cl)cc(C(F)(F)F)cc2Cl)c1)(C(=O)Cl)[N+](=O)[O-]. The van der Waals surface area contributed by atoms with E-state index in [1.54, 1.807) is 0 Å². The number of rotatable bonds is 6. The van der Waals surface area contributed by atoms with Crippen LogP contribution in [0.1, 0.15) is 12.5 Å².